The number of carbonyl (C=O) groups excluding carboxylic acids is 6. The Morgan fingerprint density at radius 1 is 0.768 bits per heavy atom. The van der Waals surface area contributed by atoms with Crippen LogP contribution < -0.4 is 37.6 Å². The topological polar surface area (TPSA) is 277 Å². The minimum Gasteiger partial charge on any atom is -0.481 e. The number of benzene rings is 2. The first kappa shape index (κ1) is 54.6. The molecule has 0 aromatic heterocycles. The van der Waals surface area contributed by atoms with Crippen molar-refractivity contribution >= 4 is 48.5 Å². The van der Waals surface area contributed by atoms with Crippen LogP contribution >= 0.6 is 0 Å². The molecule has 6 amide bonds. The standard InChI is InChI=1S/C50H74BN7O11/c1-8-9-12-32-14-16-33(17-15-32)34-18-20-35(21-19-34)45(64)53-26-24-41(60)56-37(13-10-11-25-52)47(66)58-43(30(3)59)48(67)54-29(2)44(63)57-38(22-23-42(61)62)46(65)55-31(4)51-68-40-28-36-27-39(49(36,5)6)50(40,7)69-51/h14-21,29-31,36-40,43,59H,8-13,22-28,52H2,1-7H3,(H,53,64)(H,54,67)(H,55,65)(H,56,60)(H,57,63)(H,58,66)(H,61,62)/t29-,30+,31-,36-,37-,38-,39-,40?,43-,50-/m0/s1. The maximum Gasteiger partial charge on any atom is 0.481 e. The van der Waals surface area contributed by atoms with Gasteiger partial charge in [0.05, 0.1) is 23.8 Å². The number of hydrogen-bond donors (Lipinski definition) is 9. The summed E-state index contributed by atoms with van der Waals surface area (Å²) in [6.07, 6.45) is 3.87. The number of nitrogens with two attached hydrogens (primary N) is 1. The average molecular weight is 960 g/mol. The van der Waals surface area contributed by atoms with Crippen LogP contribution in [0.25, 0.3) is 11.1 Å². The summed E-state index contributed by atoms with van der Waals surface area (Å²) in [5.74, 6) is -5.15. The lowest BCUT2D eigenvalue weighted by Gasteiger charge is -2.64. The summed E-state index contributed by atoms with van der Waals surface area (Å²) >= 11 is 0. The number of unbranched alkanes of at least 4 members (excludes halogenated alkanes) is 2. The van der Waals surface area contributed by atoms with Crippen molar-refractivity contribution in [1.29, 1.82) is 0 Å². The van der Waals surface area contributed by atoms with Crippen molar-refractivity contribution in [2.45, 2.75) is 167 Å². The van der Waals surface area contributed by atoms with E-state index in [-0.39, 0.29) is 43.2 Å². The summed E-state index contributed by atoms with van der Waals surface area (Å²) in [6, 6.07) is 10.2. The van der Waals surface area contributed by atoms with Crippen LogP contribution in [-0.4, -0.2) is 120 Å². The van der Waals surface area contributed by atoms with Crippen molar-refractivity contribution in [3.05, 3.63) is 59.7 Å². The Bertz CT molecular complexity index is 2120. The van der Waals surface area contributed by atoms with E-state index in [2.05, 4.69) is 76.9 Å². The third-order valence-electron chi connectivity index (χ3n) is 14.3. The van der Waals surface area contributed by atoms with E-state index >= 15 is 0 Å². The fraction of sp³-hybridized carbons (Fsp3) is 0.620. The number of aliphatic carboxylic acids is 1. The molecule has 6 rings (SSSR count). The van der Waals surface area contributed by atoms with Crippen LogP contribution in [0.15, 0.2) is 48.5 Å². The summed E-state index contributed by atoms with van der Waals surface area (Å²) in [7, 11) is -0.763. The van der Waals surface area contributed by atoms with Gasteiger partial charge in [0.25, 0.3) is 5.91 Å². The van der Waals surface area contributed by atoms with Crippen LogP contribution in [0.4, 0.5) is 0 Å². The Morgan fingerprint density at radius 2 is 1.41 bits per heavy atom. The van der Waals surface area contributed by atoms with E-state index < -0.39 is 90.9 Å². The lowest BCUT2D eigenvalue weighted by molar-refractivity contribution is -0.199. The monoisotopic (exact) mass is 960 g/mol. The van der Waals surface area contributed by atoms with Crippen molar-refractivity contribution in [1.82, 2.24) is 31.9 Å². The molecule has 19 heteroatoms. The van der Waals surface area contributed by atoms with Crippen LogP contribution in [0.2, 0.25) is 0 Å². The van der Waals surface area contributed by atoms with Crippen LogP contribution in [0.1, 0.15) is 129 Å². The molecule has 2 bridgehead atoms. The third-order valence-corrected chi connectivity index (χ3v) is 14.3. The quantitative estimate of drug-likeness (QED) is 0.0487. The SMILES string of the molecule is CCCCc1ccc(-c2ccc(C(=O)NCCC(=O)N[C@@H](CCCCN)C(=O)N[C@H](C(=O)N[C@@H](C)C(=O)N[C@@H](CCC(=O)O)C(=O)N[C@@H](C)B3OC4C[C@@H]5C[C@@H](C5(C)C)[C@]4(C)O3)[C@@H](C)O)cc2)cc1. The molecular weight excluding hydrogens is 885 g/mol. The first-order valence-corrected chi connectivity index (χ1v) is 24.6. The number of aryl methyl sites for hydroxylation is 1. The molecule has 1 saturated heterocycles. The molecule has 1 aliphatic heterocycles. The van der Waals surface area contributed by atoms with E-state index in [0.29, 0.717) is 36.8 Å². The Balaban J connectivity index is 1.11. The molecular formula is C50H74BN7O11. The van der Waals surface area contributed by atoms with Crippen molar-refractivity contribution in [2.24, 2.45) is 23.0 Å². The van der Waals surface area contributed by atoms with Crippen molar-refractivity contribution in [3.8, 4) is 11.1 Å². The summed E-state index contributed by atoms with van der Waals surface area (Å²) in [4.78, 5) is 91.8. The van der Waals surface area contributed by atoms with Gasteiger partial charge in [-0.2, -0.15) is 0 Å². The van der Waals surface area contributed by atoms with Gasteiger partial charge < -0.3 is 57.2 Å². The highest BCUT2D eigenvalue weighted by atomic mass is 16.7. The largest absolute Gasteiger partial charge is 0.481 e. The summed E-state index contributed by atoms with van der Waals surface area (Å²) in [5.41, 5.74) is 8.96. The number of carboxylic acid groups (broad SMARTS) is 1. The van der Waals surface area contributed by atoms with Crippen molar-refractivity contribution in [3.63, 3.8) is 0 Å². The van der Waals surface area contributed by atoms with Gasteiger partial charge in [-0.05, 0) is 132 Å². The van der Waals surface area contributed by atoms with Crippen LogP contribution in [-0.2, 0) is 44.5 Å². The molecule has 0 spiro atoms. The predicted molar refractivity (Wildman–Crippen MR) is 260 cm³/mol. The highest BCUT2D eigenvalue weighted by Crippen LogP contribution is 2.65. The van der Waals surface area contributed by atoms with Crippen LogP contribution in [0.3, 0.4) is 0 Å². The van der Waals surface area contributed by atoms with Crippen molar-refractivity contribution < 1.29 is 53.1 Å². The van der Waals surface area contributed by atoms with E-state index in [1.807, 2.05) is 19.1 Å². The first-order valence-electron chi connectivity index (χ1n) is 24.6. The molecule has 3 saturated carbocycles. The van der Waals surface area contributed by atoms with Gasteiger partial charge in [-0.3, -0.25) is 33.6 Å². The van der Waals surface area contributed by atoms with Crippen LogP contribution in [0.5, 0.6) is 0 Å². The second-order valence-corrected chi connectivity index (χ2v) is 19.9. The minimum atomic E-state index is -1.57. The maximum atomic E-state index is 13.6. The van der Waals surface area contributed by atoms with Gasteiger partial charge in [0.1, 0.15) is 24.2 Å². The Kier molecular flexibility index (Phi) is 19.3. The molecule has 2 aromatic rings. The lowest BCUT2D eigenvalue weighted by atomic mass is 9.43. The molecule has 1 heterocycles. The number of hydrogen-bond acceptors (Lipinski definition) is 11. The number of amides is 6. The second-order valence-electron chi connectivity index (χ2n) is 19.9. The molecule has 69 heavy (non-hydrogen) atoms. The van der Waals surface area contributed by atoms with Gasteiger partial charge in [0.15, 0.2) is 0 Å². The highest BCUT2D eigenvalue weighted by molar-refractivity contribution is 6.47. The molecule has 4 aliphatic rings. The highest BCUT2D eigenvalue weighted by Gasteiger charge is 2.68. The molecule has 10 atom stereocenters. The number of nitrogens with one attached hydrogen (secondary N) is 6. The smallest absolute Gasteiger partial charge is 0.481 e. The Hall–Kier alpha value is -5.37. The van der Waals surface area contributed by atoms with E-state index in [4.69, 9.17) is 15.0 Å². The van der Waals surface area contributed by atoms with Gasteiger partial charge in [-0.25, -0.2) is 0 Å². The molecule has 1 unspecified atom stereocenters. The Morgan fingerprint density at radius 3 is 2.01 bits per heavy atom. The molecule has 18 nitrogen and oxygen atoms in total. The summed E-state index contributed by atoms with van der Waals surface area (Å²) in [5, 5.41) is 35.7. The second kappa shape index (κ2) is 24.5. The number of rotatable bonds is 26. The van der Waals surface area contributed by atoms with Gasteiger partial charge in [0.2, 0.25) is 29.5 Å². The third kappa shape index (κ3) is 14.1. The van der Waals surface area contributed by atoms with Gasteiger partial charge >= 0.3 is 13.1 Å². The molecule has 10 N–H and O–H groups in total. The van der Waals surface area contributed by atoms with Gasteiger partial charge in [0, 0.05) is 24.9 Å². The Labute approximate surface area is 406 Å². The molecule has 0 radical (unpaired) electrons. The zero-order valence-electron chi connectivity index (χ0n) is 41.2. The molecule has 378 valence electrons. The number of carbonyl (C=O) groups is 7. The zero-order valence-corrected chi connectivity index (χ0v) is 41.2. The predicted octanol–water partition coefficient (Wildman–Crippen LogP) is 2.92. The minimum absolute atomic E-state index is 0.0259. The van der Waals surface area contributed by atoms with Gasteiger partial charge in [-0.1, -0.05) is 63.6 Å². The molecule has 2 aromatic carbocycles. The fourth-order valence-electron chi connectivity index (χ4n) is 9.85. The van der Waals surface area contributed by atoms with Gasteiger partial charge in [-0.15, -0.1) is 0 Å². The van der Waals surface area contributed by atoms with E-state index in [9.17, 15) is 43.8 Å². The van der Waals surface area contributed by atoms with E-state index in [1.165, 1.54) is 19.4 Å². The number of carboxylic acids is 1. The first-order chi connectivity index (χ1) is 32.7. The molecule has 3 aliphatic carbocycles. The normalized spacial score (nSPS) is 22.5. The van der Waals surface area contributed by atoms with E-state index in [0.717, 1.165) is 43.2 Å². The zero-order chi connectivity index (χ0) is 50.6. The summed E-state index contributed by atoms with van der Waals surface area (Å²) in [6.45, 7) is 13.3. The maximum absolute atomic E-state index is 13.6. The lowest BCUT2D eigenvalue weighted by Crippen LogP contribution is -2.65. The fourth-order valence-corrected chi connectivity index (χ4v) is 9.85. The van der Waals surface area contributed by atoms with Crippen molar-refractivity contribution in [2.75, 3.05) is 13.1 Å². The summed E-state index contributed by atoms with van der Waals surface area (Å²) < 4.78 is 12.8. The average Bonchev–Trinajstić information content (AvgIpc) is 3.68. The number of aliphatic hydroxyl groups is 1. The molecule has 4 fully saturated rings. The number of aliphatic hydroxyl groups excluding tert-OH is 1. The van der Waals surface area contributed by atoms with E-state index in [1.54, 1.807) is 19.1 Å². The van der Waals surface area contributed by atoms with Crippen LogP contribution in [0, 0.1) is 17.3 Å².